The summed E-state index contributed by atoms with van der Waals surface area (Å²) in [6, 6.07) is 13.9. The Labute approximate surface area is 150 Å². The summed E-state index contributed by atoms with van der Waals surface area (Å²) in [4.78, 5) is 11.9. The number of methoxy groups -OCH3 is 1. The summed E-state index contributed by atoms with van der Waals surface area (Å²) in [6.07, 6.45) is 0.918. The van der Waals surface area contributed by atoms with Gasteiger partial charge in [0.05, 0.1) is 13.7 Å². The fourth-order valence-electron chi connectivity index (χ4n) is 2.24. The zero-order valence-electron chi connectivity index (χ0n) is 14.4. The van der Waals surface area contributed by atoms with Crippen molar-refractivity contribution in [3.63, 3.8) is 0 Å². The molecule has 0 fully saturated rings. The first-order valence-electron chi connectivity index (χ1n) is 8.14. The molecule has 0 spiro atoms. The lowest BCUT2D eigenvalue weighted by atomic mass is 10.2. The normalized spacial score (nSPS) is 10.5. The standard InChI is InChI=1S/C19H21F2NO4/c1-24-17-12-14(9-10-16(17)26-19(20)21)13-22-18(23)8-5-11-25-15-6-3-2-4-7-15/h2-4,6-7,9-10,12,19H,5,8,11,13H2,1H3,(H,22,23). The zero-order valence-corrected chi connectivity index (χ0v) is 14.4. The van der Waals surface area contributed by atoms with Crippen molar-refractivity contribution < 1.29 is 27.8 Å². The van der Waals surface area contributed by atoms with Crippen molar-refractivity contribution in [2.45, 2.75) is 26.0 Å². The van der Waals surface area contributed by atoms with E-state index < -0.39 is 6.61 Å². The lowest BCUT2D eigenvalue weighted by Crippen LogP contribution is -2.23. The van der Waals surface area contributed by atoms with Gasteiger partial charge in [-0.2, -0.15) is 8.78 Å². The molecule has 2 rings (SSSR count). The van der Waals surface area contributed by atoms with E-state index >= 15 is 0 Å². The molecule has 2 aromatic rings. The maximum absolute atomic E-state index is 12.3. The third kappa shape index (κ3) is 6.58. The molecule has 0 aliphatic rings. The van der Waals surface area contributed by atoms with Crippen LogP contribution in [0.15, 0.2) is 48.5 Å². The minimum Gasteiger partial charge on any atom is -0.494 e. The third-order valence-electron chi connectivity index (χ3n) is 3.49. The van der Waals surface area contributed by atoms with E-state index in [9.17, 15) is 13.6 Å². The maximum atomic E-state index is 12.3. The maximum Gasteiger partial charge on any atom is 0.387 e. The number of ether oxygens (including phenoxy) is 3. The van der Waals surface area contributed by atoms with Crippen LogP contribution in [0.1, 0.15) is 18.4 Å². The Bertz CT molecular complexity index is 695. The minimum atomic E-state index is -2.92. The molecule has 5 nitrogen and oxygen atoms in total. The number of hydrogen-bond donors (Lipinski definition) is 1. The number of carbonyl (C=O) groups is 1. The first-order chi connectivity index (χ1) is 12.6. The second kappa shape index (κ2) is 10.2. The smallest absolute Gasteiger partial charge is 0.387 e. The highest BCUT2D eigenvalue weighted by atomic mass is 19.3. The van der Waals surface area contributed by atoms with Gasteiger partial charge in [0.15, 0.2) is 11.5 Å². The molecular weight excluding hydrogens is 344 g/mol. The molecule has 2 aromatic carbocycles. The van der Waals surface area contributed by atoms with Crippen molar-refractivity contribution >= 4 is 5.91 Å². The van der Waals surface area contributed by atoms with Gasteiger partial charge >= 0.3 is 6.61 Å². The molecule has 0 saturated heterocycles. The number of hydrogen-bond acceptors (Lipinski definition) is 4. The van der Waals surface area contributed by atoms with Crippen molar-refractivity contribution in [3.8, 4) is 17.2 Å². The van der Waals surface area contributed by atoms with Crippen LogP contribution in [0.5, 0.6) is 17.2 Å². The summed E-state index contributed by atoms with van der Waals surface area (Å²) < 4.78 is 39.5. The van der Waals surface area contributed by atoms with E-state index in [-0.39, 0.29) is 24.0 Å². The Kier molecular flexibility index (Phi) is 7.67. The van der Waals surface area contributed by atoms with Gasteiger partial charge in [-0.3, -0.25) is 4.79 Å². The molecule has 0 atom stereocenters. The first kappa shape index (κ1) is 19.5. The summed E-state index contributed by atoms with van der Waals surface area (Å²) in [6.45, 7) is -2.21. The Hall–Kier alpha value is -2.83. The van der Waals surface area contributed by atoms with Gasteiger partial charge in [0, 0.05) is 13.0 Å². The third-order valence-corrected chi connectivity index (χ3v) is 3.49. The molecule has 0 heterocycles. The average molecular weight is 365 g/mol. The van der Waals surface area contributed by atoms with Crippen molar-refractivity contribution in [1.29, 1.82) is 0 Å². The summed E-state index contributed by atoms with van der Waals surface area (Å²) in [7, 11) is 1.36. The number of para-hydroxylation sites is 1. The number of halogens is 2. The number of alkyl halides is 2. The van der Waals surface area contributed by atoms with E-state index in [1.54, 1.807) is 12.1 Å². The van der Waals surface area contributed by atoms with Gasteiger partial charge < -0.3 is 19.5 Å². The van der Waals surface area contributed by atoms with Crippen LogP contribution in [0, 0.1) is 0 Å². The number of benzene rings is 2. The molecule has 0 saturated carbocycles. The van der Waals surface area contributed by atoms with E-state index in [2.05, 4.69) is 10.1 Å². The highest BCUT2D eigenvalue weighted by Crippen LogP contribution is 2.29. The molecule has 26 heavy (non-hydrogen) atoms. The molecule has 0 aliphatic heterocycles. The number of rotatable bonds is 10. The highest BCUT2D eigenvalue weighted by Gasteiger charge is 2.11. The van der Waals surface area contributed by atoms with Crippen molar-refractivity contribution in [3.05, 3.63) is 54.1 Å². The van der Waals surface area contributed by atoms with Crippen LogP contribution in [-0.4, -0.2) is 26.2 Å². The van der Waals surface area contributed by atoms with Crippen molar-refractivity contribution in [2.24, 2.45) is 0 Å². The topological polar surface area (TPSA) is 56.8 Å². The van der Waals surface area contributed by atoms with Crippen LogP contribution < -0.4 is 19.5 Å². The Morgan fingerprint density at radius 3 is 2.58 bits per heavy atom. The van der Waals surface area contributed by atoms with Gasteiger partial charge in [0.2, 0.25) is 5.91 Å². The van der Waals surface area contributed by atoms with Crippen molar-refractivity contribution in [2.75, 3.05) is 13.7 Å². The van der Waals surface area contributed by atoms with E-state index in [0.717, 1.165) is 11.3 Å². The monoisotopic (exact) mass is 365 g/mol. The number of nitrogens with one attached hydrogen (secondary N) is 1. The summed E-state index contributed by atoms with van der Waals surface area (Å²) in [5, 5.41) is 2.77. The molecule has 0 radical (unpaired) electrons. The predicted octanol–water partition coefficient (Wildman–Crippen LogP) is 3.77. The fraction of sp³-hybridized carbons (Fsp3) is 0.316. The number of carbonyl (C=O) groups excluding carboxylic acids is 1. The Balaban J connectivity index is 1.73. The zero-order chi connectivity index (χ0) is 18.8. The molecule has 0 aliphatic carbocycles. The minimum absolute atomic E-state index is 0.0457. The number of amides is 1. The molecule has 1 N–H and O–H groups in total. The van der Waals surface area contributed by atoms with Crippen LogP contribution in [0.3, 0.4) is 0 Å². The molecule has 1 amide bonds. The van der Waals surface area contributed by atoms with Gasteiger partial charge in [0.25, 0.3) is 0 Å². The SMILES string of the molecule is COc1cc(CNC(=O)CCCOc2ccccc2)ccc1OC(F)F. The largest absolute Gasteiger partial charge is 0.494 e. The molecule has 0 bridgehead atoms. The van der Waals surface area contributed by atoms with Crippen molar-refractivity contribution in [1.82, 2.24) is 5.32 Å². The van der Waals surface area contributed by atoms with Gasteiger partial charge in [-0.25, -0.2) is 0 Å². The van der Waals surface area contributed by atoms with E-state index in [4.69, 9.17) is 9.47 Å². The summed E-state index contributed by atoms with van der Waals surface area (Å²) >= 11 is 0. The summed E-state index contributed by atoms with van der Waals surface area (Å²) in [5.74, 6) is 0.795. The summed E-state index contributed by atoms with van der Waals surface area (Å²) in [5.41, 5.74) is 0.720. The quantitative estimate of drug-likeness (QED) is 0.651. The molecular formula is C19H21F2NO4. The van der Waals surface area contributed by atoms with Crippen LogP contribution >= 0.6 is 0 Å². The lowest BCUT2D eigenvalue weighted by molar-refractivity contribution is -0.121. The van der Waals surface area contributed by atoms with Gasteiger partial charge in [-0.1, -0.05) is 24.3 Å². The van der Waals surface area contributed by atoms with E-state index in [1.165, 1.54) is 13.2 Å². The second-order valence-corrected chi connectivity index (χ2v) is 5.41. The lowest BCUT2D eigenvalue weighted by Gasteiger charge is -2.12. The molecule has 0 aromatic heterocycles. The highest BCUT2D eigenvalue weighted by molar-refractivity contribution is 5.75. The molecule has 7 heteroatoms. The van der Waals surface area contributed by atoms with E-state index in [0.29, 0.717) is 19.4 Å². The second-order valence-electron chi connectivity index (χ2n) is 5.41. The van der Waals surface area contributed by atoms with Gasteiger partial charge in [0.1, 0.15) is 5.75 Å². The van der Waals surface area contributed by atoms with Crippen LogP contribution in [0.25, 0.3) is 0 Å². The van der Waals surface area contributed by atoms with Crippen LogP contribution in [0.4, 0.5) is 8.78 Å². The Morgan fingerprint density at radius 1 is 1.12 bits per heavy atom. The average Bonchev–Trinajstić information content (AvgIpc) is 2.65. The predicted molar refractivity (Wildman–Crippen MR) is 92.6 cm³/mol. The molecule has 0 unspecified atom stereocenters. The van der Waals surface area contributed by atoms with Gasteiger partial charge in [-0.05, 0) is 36.2 Å². The molecule has 140 valence electrons. The van der Waals surface area contributed by atoms with Crippen LogP contribution in [-0.2, 0) is 11.3 Å². The van der Waals surface area contributed by atoms with Crippen LogP contribution in [0.2, 0.25) is 0 Å². The first-order valence-corrected chi connectivity index (χ1v) is 8.14. The van der Waals surface area contributed by atoms with Gasteiger partial charge in [-0.15, -0.1) is 0 Å². The van der Waals surface area contributed by atoms with E-state index in [1.807, 2.05) is 30.3 Å². The fourth-order valence-corrected chi connectivity index (χ4v) is 2.24. The Morgan fingerprint density at radius 2 is 1.88 bits per heavy atom.